The van der Waals surface area contributed by atoms with Crippen molar-refractivity contribution in [3.8, 4) is 0 Å². The maximum Gasteiger partial charge on any atom is 0.243 e. The molecule has 1 aromatic carbocycles. The molecule has 0 bridgehead atoms. The molecule has 0 N–H and O–H groups in total. The Hall–Kier alpha value is -0.870. The fourth-order valence-electron chi connectivity index (χ4n) is 2.35. The van der Waals surface area contributed by atoms with E-state index in [1.807, 2.05) is 26.0 Å². The zero-order valence-corrected chi connectivity index (χ0v) is 12.1. The monoisotopic (exact) mass is 267 g/mol. The number of rotatable bonds is 2. The maximum absolute atomic E-state index is 12.6. The summed E-state index contributed by atoms with van der Waals surface area (Å²) in [7, 11) is -3.31. The molecule has 1 heterocycles. The highest BCUT2D eigenvalue weighted by atomic mass is 32.2. The zero-order valence-electron chi connectivity index (χ0n) is 11.3. The second-order valence-corrected chi connectivity index (χ2v) is 7.26. The van der Waals surface area contributed by atoms with E-state index in [1.54, 1.807) is 10.4 Å². The first-order chi connectivity index (χ1) is 8.41. The van der Waals surface area contributed by atoms with Gasteiger partial charge in [-0.15, -0.1) is 0 Å². The molecular weight excluding hydrogens is 246 g/mol. The molecular formula is C14H21NO2S. The molecule has 3 nitrogen and oxygen atoms in total. The Balaban J connectivity index is 2.33. The minimum absolute atomic E-state index is 0.469. The van der Waals surface area contributed by atoms with Crippen molar-refractivity contribution in [1.29, 1.82) is 0 Å². The predicted molar refractivity (Wildman–Crippen MR) is 73.1 cm³/mol. The van der Waals surface area contributed by atoms with Gasteiger partial charge in [-0.05, 0) is 49.8 Å². The van der Waals surface area contributed by atoms with E-state index < -0.39 is 10.0 Å². The third kappa shape index (κ3) is 2.59. The summed E-state index contributed by atoms with van der Waals surface area (Å²) < 4.78 is 26.8. The summed E-state index contributed by atoms with van der Waals surface area (Å²) in [6, 6.07) is 5.62. The molecule has 1 saturated heterocycles. The van der Waals surface area contributed by atoms with Crippen LogP contribution >= 0.6 is 0 Å². The van der Waals surface area contributed by atoms with Gasteiger partial charge in [-0.1, -0.05) is 19.1 Å². The van der Waals surface area contributed by atoms with Crippen LogP contribution in [0.1, 0.15) is 30.9 Å². The number of aryl methyl sites for hydroxylation is 2. The molecule has 2 rings (SSSR count). The molecule has 1 fully saturated rings. The summed E-state index contributed by atoms with van der Waals surface area (Å²) in [6.45, 7) is 7.27. The lowest BCUT2D eigenvalue weighted by Crippen LogP contribution is -2.38. The van der Waals surface area contributed by atoms with Gasteiger partial charge < -0.3 is 0 Å². The summed E-state index contributed by atoms with van der Waals surface area (Å²) in [5.74, 6) is 0.634. The summed E-state index contributed by atoms with van der Waals surface area (Å²) in [5, 5.41) is 0. The molecule has 0 amide bonds. The van der Waals surface area contributed by atoms with Crippen LogP contribution in [0.15, 0.2) is 23.1 Å². The molecule has 0 spiro atoms. The Morgan fingerprint density at radius 3 is 2.39 bits per heavy atom. The third-order valence-electron chi connectivity index (χ3n) is 3.70. The van der Waals surface area contributed by atoms with Gasteiger partial charge in [0.25, 0.3) is 0 Å². The molecule has 1 aliphatic heterocycles. The summed E-state index contributed by atoms with van der Waals surface area (Å²) in [4.78, 5) is 0.469. The average molecular weight is 267 g/mol. The van der Waals surface area contributed by atoms with Crippen LogP contribution < -0.4 is 0 Å². The lowest BCUT2D eigenvalue weighted by molar-refractivity contribution is 0.288. The van der Waals surface area contributed by atoms with Crippen LogP contribution in [0.4, 0.5) is 0 Å². The Morgan fingerprint density at radius 1 is 1.17 bits per heavy atom. The Morgan fingerprint density at radius 2 is 1.78 bits per heavy atom. The van der Waals surface area contributed by atoms with Gasteiger partial charge in [-0.3, -0.25) is 0 Å². The highest BCUT2D eigenvalue weighted by Gasteiger charge is 2.29. The largest absolute Gasteiger partial charge is 0.243 e. The maximum atomic E-state index is 12.6. The molecule has 100 valence electrons. The molecule has 1 aromatic rings. The fraction of sp³-hybridized carbons (Fsp3) is 0.571. The van der Waals surface area contributed by atoms with Crippen molar-refractivity contribution in [2.45, 2.75) is 38.5 Å². The predicted octanol–water partition coefficient (Wildman–Crippen LogP) is 2.72. The first-order valence-electron chi connectivity index (χ1n) is 6.48. The van der Waals surface area contributed by atoms with Crippen molar-refractivity contribution < 1.29 is 8.42 Å². The lowest BCUT2D eigenvalue weighted by atomic mass is 10.0. The summed E-state index contributed by atoms with van der Waals surface area (Å²) in [5.41, 5.74) is 1.82. The number of hydrogen-bond acceptors (Lipinski definition) is 2. The van der Waals surface area contributed by atoms with Crippen molar-refractivity contribution >= 4 is 10.0 Å². The topological polar surface area (TPSA) is 37.4 Å². The van der Waals surface area contributed by atoms with Crippen molar-refractivity contribution in [2.24, 2.45) is 5.92 Å². The van der Waals surface area contributed by atoms with Crippen LogP contribution in [0.2, 0.25) is 0 Å². The number of sulfonamides is 1. The number of hydrogen-bond donors (Lipinski definition) is 0. The highest BCUT2D eigenvalue weighted by molar-refractivity contribution is 7.89. The Kier molecular flexibility index (Phi) is 3.78. The van der Waals surface area contributed by atoms with Crippen molar-refractivity contribution in [3.05, 3.63) is 29.3 Å². The van der Waals surface area contributed by atoms with E-state index in [0.717, 1.165) is 24.0 Å². The third-order valence-corrected chi connectivity index (χ3v) is 5.74. The van der Waals surface area contributed by atoms with Gasteiger partial charge in [0.05, 0.1) is 4.90 Å². The van der Waals surface area contributed by atoms with Crippen LogP contribution in [0.25, 0.3) is 0 Å². The van der Waals surface area contributed by atoms with Gasteiger partial charge in [-0.2, -0.15) is 4.31 Å². The van der Waals surface area contributed by atoms with E-state index in [9.17, 15) is 8.42 Å². The molecule has 0 aliphatic carbocycles. The van der Waals surface area contributed by atoms with E-state index in [2.05, 4.69) is 6.92 Å². The molecule has 0 radical (unpaired) electrons. The highest BCUT2D eigenvalue weighted by Crippen LogP contribution is 2.25. The average Bonchev–Trinajstić information content (AvgIpc) is 2.32. The van der Waals surface area contributed by atoms with Gasteiger partial charge in [0.1, 0.15) is 0 Å². The first kappa shape index (κ1) is 13.6. The molecule has 4 heteroatoms. The van der Waals surface area contributed by atoms with E-state index in [1.165, 1.54) is 0 Å². The van der Waals surface area contributed by atoms with E-state index in [0.29, 0.717) is 23.9 Å². The van der Waals surface area contributed by atoms with E-state index in [4.69, 9.17) is 0 Å². The summed E-state index contributed by atoms with van der Waals surface area (Å²) >= 11 is 0. The van der Waals surface area contributed by atoms with Crippen LogP contribution in [0.3, 0.4) is 0 Å². The molecule has 0 aromatic heterocycles. The lowest BCUT2D eigenvalue weighted by Gasteiger charge is -2.30. The van der Waals surface area contributed by atoms with Crippen molar-refractivity contribution in [1.82, 2.24) is 4.31 Å². The quantitative estimate of drug-likeness (QED) is 0.826. The van der Waals surface area contributed by atoms with Crippen LogP contribution in [-0.2, 0) is 10.0 Å². The normalized spacial score (nSPS) is 19.1. The van der Waals surface area contributed by atoms with Crippen LogP contribution in [0.5, 0.6) is 0 Å². The molecule has 0 saturated carbocycles. The molecule has 1 aliphatic rings. The fourth-order valence-corrected chi connectivity index (χ4v) is 4.13. The molecule has 18 heavy (non-hydrogen) atoms. The SMILES string of the molecule is Cc1ccc(C)c(S(=O)(=O)N2CCC(C)CC2)c1. The molecule has 0 atom stereocenters. The number of benzene rings is 1. The van der Waals surface area contributed by atoms with Gasteiger partial charge in [0.15, 0.2) is 0 Å². The molecule has 0 unspecified atom stereocenters. The van der Waals surface area contributed by atoms with Gasteiger partial charge >= 0.3 is 0 Å². The Labute approximate surface area is 110 Å². The zero-order chi connectivity index (χ0) is 13.3. The minimum Gasteiger partial charge on any atom is -0.207 e. The Bertz CT molecular complexity index is 529. The first-order valence-corrected chi connectivity index (χ1v) is 7.92. The smallest absolute Gasteiger partial charge is 0.207 e. The van der Waals surface area contributed by atoms with Crippen molar-refractivity contribution in [2.75, 3.05) is 13.1 Å². The van der Waals surface area contributed by atoms with Gasteiger partial charge in [-0.25, -0.2) is 8.42 Å². The van der Waals surface area contributed by atoms with Crippen molar-refractivity contribution in [3.63, 3.8) is 0 Å². The van der Waals surface area contributed by atoms with E-state index >= 15 is 0 Å². The van der Waals surface area contributed by atoms with E-state index in [-0.39, 0.29) is 0 Å². The number of piperidine rings is 1. The second-order valence-electron chi connectivity index (χ2n) is 5.36. The van der Waals surface area contributed by atoms with Gasteiger partial charge in [0.2, 0.25) is 10.0 Å². The standard InChI is InChI=1S/C14H21NO2S/c1-11-6-8-15(9-7-11)18(16,17)14-10-12(2)4-5-13(14)3/h4-5,10-11H,6-9H2,1-3H3. The summed E-state index contributed by atoms with van der Waals surface area (Å²) in [6.07, 6.45) is 1.92. The van der Waals surface area contributed by atoms with Crippen LogP contribution in [0, 0.1) is 19.8 Å². The number of nitrogens with zero attached hydrogens (tertiary/aromatic N) is 1. The minimum atomic E-state index is -3.31. The van der Waals surface area contributed by atoms with Gasteiger partial charge in [0, 0.05) is 13.1 Å². The van der Waals surface area contributed by atoms with Crippen LogP contribution in [-0.4, -0.2) is 25.8 Å². The second kappa shape index (κ2) is 5.02.